The van der Waals surface area contributed by atoms with Crippen LogP contribution in [0.3, 0.4) is 0 Å². The molecule has 0 spiro atoms. The Bertz CT molecular complexity index is 1250. The summed E-state index contributed by atoms with van der Waals surface area (Å²) in [6, 6.07) is 19.4. The van der Waals surface area contributed by atoms with Crippen LogP contribution in [0.4, 0.5) is 11.4 Å². The van der Waals surface area contributed by atoms with Gasteiger partial charge in [0.05, 0.1) is 15.5 Å². The van der Waals surface area contributed by atoms with E-state index in [1.165, 1.54) is 24.3 Å². The standard InChI is InChI=1S/C23H26N2O4S2/c1-17(2)16-19-8-12-21(13-9-19)30(26,27)24-20-10-14-22(15-11-20)31(28,29)25-23-7-5-4-6-18(23)3/h4-15,17,24-25H,16H2,1-3H3. The van der Waals surface area contributed by atoms with Crippen molar-refractivity contribution in [1.29, 1.82) is 0 Å². The maximum Gasteiger partial charge on any atom is 0.261 e. The van der Waals surface area contributed by atoms with Gasteiger partial charge in [-0.05, 0) is 72.9 Å². The van der Waals surface area contributed by atoms with Gasteiger partial charge in [-0.1, -0.05) is 44.2 Å². The average Bonchev–Trinajstić information content (AvgIpc) is 2.70. The first-order valence-electron chi connectivity index (χ1n) is 9.87. The molecule has 3 aromatic carbocycles. The highest BCUT2D eigenvalue weighted by Gasteiger charge is 2.17. The molecule has 3 aromatic rings. The Morgan fingerprint density at radius 3 is 1.77 bits per heavy atom. The minimum absolute atomic E-state index is 0.0386. The van der Waals surface area contributed by atoms with E-state index in [0.717, 1.165) is 17.5 Å². The highest BCUT2D eigenvalue weighted by atomic mass is 32.2. The van der Waals surface area contributed by atoms with E-state index in [0.29, 0.717) is 11.6 Å². The Morgan fingerprint density at radius 2 is 1.23 bits per heavy atom. The van der Waals surface area contributed by atoms with Crippen LogP contribution in [-0.2, 0) is 26.5 Å². The van der Waals surface area contributed by atoms with Crippen LogP contribution < -0.4 is 9.44 Å². The van der Waals surface area contributed by atoms with Crippen molar-refractivity contribution in [2.24, 2.45) is 5.92 Å². The molecular formula is C23H26N2O4S2. The largest absolute Gasteiger partial charge is 0.280 e. The maximum atomic E-state index is 12.7. The molecule has 0 aromatic heterocycles. The second kappa shape index (κ2) is 9.11. The van der Waals surface area contributed by atoms with Crippen LogP contribution in [0.25, 0.3) is 0 Å². The average molecular weight is 459 g/mol. The zero-order valence-corrected chi connectivity index (χ0v) is 19.3. The van der Waals surface area contributed by atoms with Gasteiger partial charge in [0.1, 0.15) is 0 Å². The van der Waals surface area contributed by atoms with Gasteiger partial charge in [0.15, 0.2) is 0 Å². The van der Waals surface area contributed by atoms with Crippen molar-refractivity contribution in [3.8, 4) is 0 Å². The fraction of sp³-hybridized carbons (Fsp3) is 0.217. The summed E-state index contributed by atoms with van der Waals surface area (Å²) in [5.74, 6) is 0.482. The molecule has 0 radical (unpaired) electrons. The second-order valence-corrected chi connectivity index (χ2v) is 11.2. The minimum atomic E-state index is -3.79. The van der Waals surface area contributed by atoms with Gasteiger partial charge < -0.3 is 0 Å². The molecule has 0 unspecified atom stereocenters. The highest BCUT2D eigenvalue weighted by molar-refractivity contribution is 7.93. The van der Waals surface area contributed by atoms with Gasteiger partial charge in [-0.15, -0.1) is 0 Å². The molecule has 0 aliphatic heterocycles. The molecule has 0 amide bonds. The molecule has 0 heterocycles. The molecule has 2 N–H and O–H groups in total. The van der Waals surface area contributed by atoms with Crippen molar-refractivity contribution < 1.29 is 16.8 Å². The molecule has 0 aliphatic carbocycles. The van der Waals surface area contributed by atoms with E-state index in [1.807, 2.05) is 31.2 Å². The number of aryl methyl sites for hydroxylation is 1. The van der Waals surface area contributed by atoms with Gasteiger partial charge in [-0.3, -0.25) is 9.44 Å². The molecule has 0 atom stereocenters. The minimum Gasteiger partial charge on any atom is -0.280 e. The first-order valence-corrected chi connectivity index (χ1v) is 12.8. The smallest absolute Gasteiger partial charge is 0.261 e. The van der Waals surface area contributed by atoms with Crippen molar-refractivity contribution in [2.45, 2.75) is 37.0 Å². The summed E-state index contributed by atoms with van der Waals surface area (Å²) in [4.78, 5) is 0.190. The molecule has 31 heavy (non-hydrogen) atoms. The topological polar surface area (TPSA) is 92.3 Å². The van der Waals surface area contributed by atoms with E-state index in [-0.39, 0.29) is 15.5 Å². The summed E-state index contributed by atoms with van der Waals surface area (Å²) in [5, 5.41) is 0. The molecule has 8 heteroatoms. The normalized spacial score (nSPS) is 12.0. The van der Waals surface area contributed by atoms with E-state index in [1.54, 1.807) is 24.3 Å². The predicted octanol–water partition coefficient (Wildman–Crippen LogP) is 4.80. The van der Waals surface area contributed by atoms with E-state index in [9.17, 15) is 16.8 Å². The zero-order chi connectivity index (χ0) is 22.6. The Balaban J connectivity index is 1.74. The summed E-state index contributed by atoms with van der Waals surface area (Å²) in [7, 11) is -7.57. The van der Waals surface area contributed by atoms with Crippen LogP contribution in [0.2, 0.25) is 0 Å². The lowest BCUT2D eigenvalue weighted by atomic mass is 10.0. The third kappa shape index (κ3) is 5.86. The quantitative estimate of drug-likeness (QED) is 0.507. The number of para-hydroxylation sites is 1. The zero-order valence-electron chi connectivity index (χ0n) is 17.7. The van der Waals surface area contributed by atoms with Gasteiger partial charge in [0.2, 0.25) is 0 Å². The van der Waals surface area contributed by atoms with E-state index < -0.39 is 20.0 Å². The van der Waals surface area contributed by atoms with E-state index >= 15 is 0 Å². The first-order chi connectivity index (χ1) is 14.6. The van der Waals surface area contributed by atoms with E-state index in [4.69, 9.17) is 0 Å². The van der Waals surface area contributed by atoms with Gasteiger partial charge >= 0.3 is 0 Å². The predicted molar refractivity (Wildman–Crippen MR) is 124 cm³/mol. The van der Waals surface area contributed by atoms with Crippen LogP contribution in [-0.4, -0.2) is 16.8 Å². The Labute approximate surface area is 184 Å². The lowest BCUT2D eigenvalue weighted by Gasteiger charge is -2.12. The Kier molecular flexibility index (Phi) is 6.71. The molecule has 6 nitrogen and oxygen atoms in total. The summed E-state index contributed by atoms with van der Waals surface area (Å²) in [5.41, 5.74) is 2.65. The molecule has 3 rings (SSSR count). The molecule has 0 bridgehead atoms. The third-order valence-electron chi connectivity index (χ3n) is 4.68. The monoisotopic (exact) mass is 458 g/mol. The molecule has 164 valence electrons. The second-order valence-electron chi connectivity index (χ2n) is 7.79. The molecule has 0 aliphatic rings. The van der Waals surface area contributed by atoms with E-state index in [2.05, 4.69) is 23.3 Å². The summed E-state index contributed by atoms with van der Waals surface area (Å²) >= 11 is 0. The number of anilines is 2. The summed E-state index contributed by atoms with van der Waals surface area (Å²) in [6.07, 6.45) is 0.875. The number of nitrogens with one attached hydrogen (secondary N) is 2. The van der Waals surface area contributed by atoms with Crippen LogP contribution >= 0.6 is 0 Å². The van der Waals surface area contributed by atoms with Crippen LogP contribution in [0.5, 0.6) is 0 Å². The maximum absolute atomic E-state index is 12.7. The Morgan fingerprint density at radius 1 is 0.710 bits per heavy atom. The fourth-order valence-corrected chi connectivity index (χ4v) is 5.27. The van der Waals surface area contributed by atoms with Crippen LogP contribution in [0.15, 0.2) is 82.6 Å². The van der Waals surface area contributed by atoms with Crippen molar-refractivity contribution in [1.82, 2.24) is 0 Å². The highest BCUT2D eigenvalue weighted by Crippen LogP contribution is 2.22. The summed E-state index contributed by atoms with van der Waals surface area (Å²) < 4.78 is 55.6. The van der Waals surface area contributed by atoms with Gasteiger partial charge in [0.25, 0.3) is 20.0 Å². The molecular weight excluding hydrogens is 432 g/mol. The van der Waals surface area contributed by atoms with Gasteiger partial charge in [-0.25, -0.2) is 16.8 Å². The van der Waals surface area contributed by atoms with Gasteiger partial charge in [0, 0.05) is 5.69 Å². The summed E-state index contributed by atoms with van der Waals surface area (Å²) in [6.45, 7) is 6.02. The van der Waals surface area contributed by atoms with Crippen molar-refractivity contribution in [3.05, 3.63) is 83.9 Å². The first kappa shape index (κ1) is 22.8. The van der Waals surface area contributed by atoms with Crippen molar-refractivity contribution >= 4 is 31.4 Å². The lowest BCUT2D eigenvalue weighted by molar-refractivity contribution is 0.600. The molecule has 0 saturated heterocycles. The van der Waals surface area contributed by atoms with Crippen LogP contribution in [0, 0.1) is 12.8 Å². The number of hydrogen-bond acceptors (Lipinski definition) is 4. The Hall–Kier alpha value is -2.84. The van der Waals surface area contributed by atoms with Crippen LogP contribution in [0.1, 0.15) is 25.0 Å². The number of hydrogen-bond donors (Lipinski definition) is 2. The lowest BCUT2D eigenvalue weighted by Crippen LogP contribution is -2.15. The molecule has 0 saturated carbocycles. The number of benzene rings is 3. The van der Waals surface area contributed by atoms with Crippen molar-refractivity contribution in [3.63, 3.8) is 0 Å². The SMILES string of the molecule is Cc1ccccc1NS(=O)(=O)c1ccc(NS(=O)(=O)c2ccc(CC(C)C)cc2)cc1. The fourth-order valence-electron chi connectivity index (χ4n) is 3.08. The van der Waals surface area contributed by atoms with Crippen molar-refractivity contribution in [2.75, 3.05) is 9.44 Å². The third-order valence-corrected chi connectivity index (χ3v) is 7.46. The van der Waals surface area contributed by atoms with Gasteiger partial charge in [-0.2, -0.15) is 0 Å². The molecule has 0 fully saturated rings. The number of rotatable bonds is 8. The number of sulfonamides is 2.